The van der Waals surface area contributed by atoms with Crippen LogP contribution in [0.2, 0.25) is 0 Å². The van der Waals surface area contributed by atoms with E-state index >= 15 is 0 Å². The number of fused-ring (bicyclic) bond motifs is 1. The summed E-state index contributed by atoms with van der Waals surface area (Å²) < 4.78 is 15.7. The molecule has 0 aromatic rings. The molecule has 0 radical (unpaired) electrons. The fraction of sp³-hybridized carbons (Fsp3) is 0.900. The molecule has 2 unspecified atom stereocenters. The Balaban J connectivity index is 1.80. The zero-order valence-corrected chi connectivity index (χ0v) is 8.45. The van der Waals surface area contributed by atoms with Crippen LogP contribution in [0.1, 0.15) is 26.2 Å². The van der Waals surface area contributed by atoms with E-state index in [-0.39, 0.29) is 12.1 Å². The molecular formula is C10H16O4. The fourth-order valence-corrected chi connectivity index (χ4v) is 1.72. The van der Waals surface area contributed by atoms with Crippen LogP contribution in [0, 0.1) is 0 Å². The average Bonchev–Trinajstić information content (AvgIpc) is 2.93. The molecule has 0 aliphatic carbocycles. The van der Waals surface area contributed by atoms with Gasteiger partial charge in [0, 0.05) is 13.0 Å². The van der Waals surface area contributed by atoms with Crippen molar-refractivity contribution in [3.8, 4) is 0 Å². The van der Waals surface area contributed by atoms with E-state index in [0.717, 1.165) is 19.3 Å². The summed E-state index contributed by atoms with van der Waals surface area (Å²) in [5, 5.41) is 0. The Bertz CT molecular complexity index is 228. The molecule has 0 amide bonds. The van der Waals surface area contributed by atoms with Crippen molar-refractivity contribution in [2.45, 2.75) is 37.9 Å². The summed E-state index contributed by atoms with van der Waals surface area (Å²) in [5.74, 6) is -0.240. The highest BCUT2D eigenvalue weighted by molar-refractivity contribution is 5.83. The first-order chi connectivity index (χ1) is 6.79. The minimum Gasteiger partial charge on any atom is -0.463 e. The van der Waals surface area contributed by atoms with Gasteiger partial charge in [0.25, 0.3) is 0 Å². The highest BCUT2D eigenvalue weighted by Gasteiger charge is 2.65. The van der Waals surface area contributed by atoms with Gasteiger partial charge in [-0.05, 0) is 6.42 Å². The molecule has 2 atom stereocenters. The van der Waals surface area contributed by atoms with Crippen LogP contribution in [-0.2, 0) is 19.0 Å². The Morgan fingerprint density at radius 2 is 2.50 bits per heavy atom. The predicted molar refractivity (Wildman–Crippen MR) is 48.9 cm³/mol. The number of ether oxygens (including phenoxy) is 3. The summed E-state index contributed by atoms with van der Waals surface area (Å²) in [6.07, 6.45) is 2.79. The lowest BCUT2D eigenvalue weighted by atomic mass is 10.0. The van der Waals surface area contributed by atoms with Gasteiger partial charge in [-0.1, -0.05) is 13.3 Å². The molecule has 2 fully saturated rings. The first-order valence-electron chi connectivity index (χ1n) is 5.22. The molecule has 0 saturated carbocycles. The lowest BCUT2D eigenvalue weighted by Crippen LogP contribution is -2.38. The van der Waals surface area contributed by atoms with Gasteiger partial charge in [0.2, 0.25) is 5.60 Å². The molecule has 14 heavy (non-hydrogen) atoms. The standard InChI is InChI=1S/C10H16O4/c1-2-3-5-13-9(11)10-7-12-6-4-8(10)14-10/h8H,2-7H2,1H3. The topological polar surface area (TPSA) is 48.1 Å². The van der Waals surface area contributed by atoms with Crippen LogP contribution in [-0.4, -0.2) is 37.5 Å². The zero-order valence-electron chi connectivity index (χ0n) is 8.45. The average molecular weight is 200 g/mol. The minimum atomic E-state index is -0.730. The second-order valence-electron chi connectivity index (χ2n) is 3.83. The Morgan fingerprint density at radius 1 is 1.64 bits per heavy atom. The van der Waals surface area contributed by atoms with Gasteiger partial charge < -0.3 is 14.2 Å². The molecule has 4 nitrogen and oxygen atoms in total. The second kappa shape index (κ2) is 3.87. The molecule has 4 heteroatoms. The summed E-state index contributed by atoms with van der Waals surface area (Å²) in [4.78, 5) is 11.6. The smallest absolute Gasteiger partial charge is 0.343 e. The molecule has 0 aromatic carbocycles. The van der Waals surface area contributed by atoms with E-state index in [9.17, 15) is 4.79 Å². The molecule has 2 aliphatic heterocycles. The van der Waals surface area contributed by atoms with E-state index in [1.165, 1.54) is 0 Å². The Labute approximate surface area is 83.5 Å². The predicted octanol–water partition coefficient (Wildman–Crippen LogP) is 0.888. The van der Waals surface area contributed by atoms with E-state index in [1.54, 1.807) is 0 Å². The van der Waals surface area contributed by atoms with Gasteiger partial charge >= 0.3 is 5.97 Å². The number of rotatable bonds is 4. The van der Waals surface area contributed by atoms with E-state index in [1.807, 2.05) is 0 Å². The van der Waals surface area contributed by atoms with Gasteiger partial charge in [0.1, 0.15) is 6.10 Å². The minimum absolute atomic E-state index is 0.0466. The summed E-state index contributed by atoms with van der Waals surface area (Å²) in [6.45, 7) is 3.61. The lowest BCUT2D eigenvalue weighted by Gasteiger charge is -2.16. The Morgan fingerprint density at radius 3 is 3.21 bits per heavy atom. The van der Waals surface area contributed by atoms with Crippen LogP contribution < -0.4 is 0 Å². The third kappa shape index (κ3) is 1.64. The summed E-state index contributed by atoms with van der Waals surface area (Å²) in [6, 6.07) is 0. The van der Waals surface area contributed by atoms with Crippen LogP contribution in [0.25, 0.3) is 0 Å². The molecule has 2 rings (SSSR count). The molecule has 2 aliphatic rings. The van der Waals surface area contributed by atoms with Gasteiger partial charge in [0.15, 0.2) is 0 Å². The zero-order chi connectivity index (χ0) is 10.0. The van der Waals surface area contributed by atoms with Crippen molar-refractivity contribution in [1.29, 1.82) is 0 Å². The van der Waals surface area contributed by atoms with E-state index in [4.69, 9.17) is 14.2 Å². The number of esters is 1. The van der Waals surface area contributed by atoms with Crippen LogP contribution in [0.5, 0.6) is 0 Å². The quantitative estimate of drug-likeness (QED) is 0.384. The number of carbonyl (C=O) groups excluding carboxylic acids is 1. The van der Waals surface area contributed by atoms with Crippen molar-refractivity contribution in [3.05, 3.63) is 0 Å². The number of hydrogen-bond acceptors (Lipinski definition) is 4. The first kappa shape index (κ1) is 9.93. The van der Waals surface area contributed by atoms with Crippen molar-refractivity contribution in [2.24, 2.45) is 0 Å². The van der Waals surface area contributed by atoms with Crippen molar-refractivity contribution in [3.63, 3.8) is 0 Å². The third-order valence-corrected chi connectivity index (χ3v) is 2.73. The Kier molecular flexibility index (Phi) is 2.74. The van der Waals surface area contributed by atoms with E-state index in [2.05, 4.69) is 6.92 Å². The number of epoxide rings is 1. The molecule has 0 aromatic heterocycles. The first-order valence-corrected chi connectivity index (χ1v) is 5.22. The van der Waals surface area contributed by atoms with Gasteiger partial charge in [-0.2, -0.15) is 0 Å². The Hall–Kier alpha value is -0.610. The van der Waals surface area contributed by atoms with Gasteiger partial charge in [-0.3, -0.25) is 0 Å². The van der Waals surface area contributed by atoms with Gasteiger partial charge in [-0.15, -0.1) is 0 Å². The third-order valence-electron chi connectivity index (χ3n) is 2.73. The highest BCUT2D eigenvalue weighted by atomic mass is 16.7. The summed E-state index contributed by atoms with van der Waals surface area (Å²) in [5.41, 5.74) is -0.730. The summed E-state index contributed by atoms with van der Waals surface area (Å²) in [7, 11) is 0. The van der Waals surface area contributed by atoms with E-state index in [0.29, 0.717) is 19.8 Å². The van der Waals surface area contributed by atoms with Gasteiger partial charge in [-0.25, -0.2) is 4.79 Å². The van der Waals surface area contributed by atoms with Crippen LogP contribution in [0.4, 0.5) is 0 Å². The number of carbonyl (C=O) groups is 1. The van der Waals surface area contributed by atoms with Crippen LogP contribution in [0.15, 0.2) is 0 Å². The van der Waals surface area contributed by atoms with Crippen LogP contribution in [0.3, 0.4) is 0 Å². The second-order valence-corrected chi connectivity index (χ2v) is 3.83. The maximum atomic E-state index is 11.6. The summed E-state index contributed by atoms with van der Waals surface area (Å²) >= 11 is 0. The van der Waals surface area contributed by atoms with Crippen molar-refractivity contribution in [2.75, 3.05) is 19.8 Å². The molecule has 2 heterocycles. The molecule has 0 N–H and O–H groups in total. The maximum absolute atomic E-state index is 11.6. The van der Waals surface area contributed by atoms with E-state index < -0.39 is 5.60 Å². The molecular weight excluding hydrogens is 184 g/mol. The number of hydrogen-bond donors (Lipinski definition) is 0. The monoisotopic (exact) mass is 200 g/mol. The van der Waals surface area contributed by atoms with Crippen LogP contribution >= 0.6 is 0 Å². The SMILES string of the molecule is CCCCOC(=O)C12COCCC1O2. The number of unbranched alkanes of at least 4 members (excludes halogenated alkanes) is 1. The molecule has 80 valence electrons. The van der Waals surface area contributed by atoms with Crippen molar-refractivity contribution >= 4 is 5.97 Å². The molecule has 0 spiro atoms. The maximum Gasteiger partial charge on any atom is 0.343 e. The van der Waals surface area contributed by atoms with Crippen molar-refractivity contribution in [1.82, 2.24) is 0 Å². The van der Waals surface area contributed by atoms with Gasteiger partial charge in [0.05, 0.1) is 13.2 Å². The largest absolute Gasteiger partial charge is 0.463 e. The van der Waals surface area contributed by atoms with Crippen molar-refractivity contribution < 1.29 is 19.0 Å². The highest BCUT2D eigenvalue weighted by Crippen LogP contribution is 2.43. The molecule has 2 saturated heterocycles. The molecule has 0 bridgehead atoms. The lowest BCUT2D eigenvalue weighted by molar-refractivity contribution is -0.153. The normalized spacial score (nSPS) is 34.8. The fourth-order valence-electron chi connectivity index (χ4n) is 1.72.